The van der Waals surface area contributed by atoms with Gasteiger partial charge in [-0.05, 0) is 13.0 Å². The van der Waals surface area contributed by atoms with Crippen molar-refractivity contribution in [2.24, 2.45) is 12.8 Å². The van der Waals surface area contributed by atoms with Crippen LogP contribution in [-0.4, -0.2) is 15.8 Å². The second kappa shape index (κ2) is 3.05. The van der Waals surface area contributed by atoms with E-state index >= 15 is 0 Å². The van der Waals surface area contributed by atoms with E-state index in [4.69, 9.17) is 5.73 Å². The van der Waals surface area contributed by atoms with Crippen LogP contribution in [0.3, 0.4) is 0 Å². The molecule has 0 aliphatic rings. The first kappa shape index (κ1) is 8.27. The van der Waals surface area contributed by atoms with Gasteiger partial charge in [-0.15, -0.1) is 0 Å². The Balaban J connectivity index is 2.76. The van der Waals surface area contributed by atoms with Crippen LogP contribution in [0, 0.1) is 0 Å². The van der Waals surface area contributed by atoms with E-state index in [1.807, 2.05) is 26.2 Å². The Kier molecular flexibility index (Phi) is 2.29. The fourth-order valence-electron chi connectivity index (χ4n) is 0.945. The van der Waals surface area contributed by atoms with Crippen molar-refractivity contribution in [1.29, 1.82) is 0 Å². The lowest BCUT2D eigenvalue weighted by molar-refractivity contribution is 0.584. The van der Waals surface area contributed by atoms with Gasteiger partial charge in [0, 0.05) is 25.2 Å². The highest BCUT2D eigenvalue weighted by Crippen LogP contribution is 2.14. The third-order valence-electron chi connectivity index (χ3n) is 1.99. The van der Waals surface area contributed by atoms with Gasteiger partial charge in [0.2, 0.25) is 0 Å². The fraction of sp³-hybridized carbons (Fsp3) is 0.625. The van der Waals surface area contributed by atoms with Crippen molar-refractivity contribution in [3.05, 3.63) is 18.0 Å². The van der Waals surface area contributed by atoms with Crippen LogP contribution in [-0.2, 0) is 7.05 Å². The average molecular weight is 153 g/mol. The van der Waals surface area contributed by atoms with Gasteiger partial charge < -0.3 is 5.73 Å². The molecule has 1 rings (SSSR count). The van der Waals surface area contributed by atoms with Crippen molar-refractivity contribution in [3.63, 3.8) is 0 Å². The van der Waals surface area contributed by atoms with Crippen molar-refractivity contribution >= 4 is 0 Å². The third kappa shape index (κ3) is 1.80. The molecule has 2 unspecified atom stereocenters. The van der Waals surface area contributed by atoms with Gasteiger partial charge in [-0.2, -0.15) is 5.10 Å². The van der Waals surface area contributed by atoms with Gasteiger partial charge in [0.25, 0.3) is 0 Å². The highest BCUT2D eigenvalue weighted by molar-refractivity contribution is 5.07. The lowest BCUT2D eigenvalue weighted by atomic mass is 10.0. The molecular weight excluding hydrogens is 138 g/mol. The second-order valence-corrected chi connectivity index (χ2v) is 3.06. The number of nitrogens with two attached hydrogens (primary N) is 1. The fourth-order valence-corrected chi connectivity index (χ4v) is 0.945. The van der Waals surface area contributed by atoms with Crippen molar-refractivity contribution < 1.29 is 0 Å². The largest absolute Gasteiger partial charge is 0.327 e. The standard InChI is InChI=1S/C8H15N3/c1-6(7(2)9)8-4-5-11(3)10-8/h4-7H,9H2,1-3H3. The Labute approximate surface area is 67.2 Å². The zero-order valence-corrected chi connectivity index (χ0v) is 7.28. The molecule has 0 saturated heterocycles. The smallest absolute Gasteiger partial charge is 0.0667 e. The quantitative estimate of drug-likeness (QED) is 0.685. The zero-order valence-electron chi connectivity index (χ0n) is 7.28. The summed E-state index contributed by atoms with van der Waals surface area (Å²) in [5.74, 6) is 0.344. The first-order chi connectivity index (χ1) is 5.11. The van der Waals surface area contributed by atoms with E-state index in [1.54, 1.807) is 4.68 Å². The normalized spacial score (nSPS) is 16.4. The molecule has 0 radical (unpaired) electrons. The lowest BCUT2D eigenvalue weighted by Gasteiger charge is -2.11. The maximum atomic E-state index is 5.73. The van der Waals surface area contributed by atoms with E-state index < -0.39 is 0 Å². The summed E-state index contributed by atoms with van der Waals surface area (Å²) in [5.41, 5.74) is 6.80. The van der Waals surface area contributed by atoms with Crippen molar-refractivity contribution in [2.45, 2.75) is 25.8 Å². The summed E-state index contributed by atoms with van der Waals surface area (Å²) in [7, 11) is 1.91. The van der Waals surface area contributed by atoms with E-state index in [-0.39, 0.29) is 6.04 Å². The predicted octanol–water partition coefficient (Wildman–Crippen LogP) is 0.871. The Bertz CT molecular complexity index is 227. The Morgan fingerprint density at radius 2 is 2.18 bits per heavy atom. The van der Waals surface area contributed by atoms with Crippen LogP contribution >= 0.6 is 0 Å². The van der Waals surface area contributed by atoms with Crippen LogP contribution in [0.15, 0.2) is 12.3 Å². The Morgan fingerprint density at radius 1 is 1.55 bits per heavy atom. The summed E-state index contributed by atoms with van der Waals surface area (Å²) in [5, 5.41) is 4.27. The predicted molar refractivity (Wildman–Crippen MR) is 45.3 cm³/mol. The minimum absolute atomic E-state index is 0.171. The van der Waals surface area contributed by atoms with Crippen LogP contribution in [0.2, 0.25) is 0 Å². The summed E-state index contributed by atoms with van der Waals surface area (Å²) >= 11 is 0. The maximum absolute atomic E-state index is 5.73. The van der Waals surface area contributed by atoms with Gasteiger partial charge in [-0.25, -0.2) is 0 Å². The number of aryl methyl sites for hydroxylation is 1. The third-order valence-corrected chi connectivity index (χ3v) is 1.99. The number of rotatable bonds is 2. The summed E-state index contributed by atoms with van der Waals surface area (Å²) in [4.78, 5) is 0. The van der Waals surface area contributed by atoms with Crippen LogP contribution in [0.5, 0.6) is 0 Å². The molecule has 3 heteroatoms. The SMILES string of the molecule is CC(N)C(C)c1ccn(C)n1. The van der Waals surface area contributed by atoms with Gasteiger partial charge in [0.05, 0.1) is 5.69 Å². The van der Waals surface area contributed by atoms with Crippen LogP contribution in [0.1, 0.15) is 25.5 Å². The molecule has 0 saturated carbocycles. The number of hydrogen-bond donors (Lipinski definition) is 1. The molecule has 0 aliphatic heterocycles. The molecule has 62 valence electrons. The number of hydrogen-bond acceptors (Lipinski definition) is 2. The average Bonchev–Trinajstić information content (AvgIpc) is 2.34. The van der Waals surface area contributed by atoms with E-state index in [2.05, 4.69) is 12.0 Å². The molecule has 11 heavy (non-hydrogen) atoms. The molecule has 1 aromatic rings. The summed E-state index contributed by atoms with van der Waals surface area (Å²) in [6.45, 7) is 4.09. The van der Waals surface area contributed by atoms with Gasteiger partial charge in [0.15, 0.2) is 0 Å². The van der Waals surface area contributed by atoms with E-state index in [1.165, 1.54) is 0 Å². The molecule has 0 fully saturated rings. The van der Waals surface area contributed by atoms with E-state index in [0.717, 1.165) is 5.69 Å². The van der Waals surface area contributed by atoms with Crippen LogP contribution in [0.4, 0.5) is 0 Å². The second-order valence-electron chi connectivity index (χ2n) is 3.06. The summed E-state index contributed by atoms with van der Waals surface area (Å²) in [6.07, 6.45) is 1.94. The van der Waals surface area contributed by atoms with E-state index in [9.17, 15) is 0 Å². The van der Waals surface area contributed by atoms with Crippen molar-refractivity contribution in [3.8, 4) is 0 Å². The van der Waals surface area contributed by atoms with Crippen LogP contribution < -0.4 is 5.73 Å². The van der Waals surface area contributed by atoms with E-state index in [0.29, 0.717) is 5.92 Å². The molecule has 1 heterocycles. The number of aromatic nitrogens is 2. The van der Waals surface area contributed by atoms with Crippen LogP contribution in [0.25, 0.3) is 0 Å². The molecule has 0 amide bonds. The molecule has 1 aromatic heterocycles. The zero-order chi connectivity index (χ0) is 8.43. The molecule has 0 bridgehead atoms. The lowest BCUT2D eigenvalue weighted by Crippen LogP contribution is -2.22. The highest BCUT2D eigenvalue weighted by Gasteiger charge is 2.11. The Hall–Kier alpha value is -0.830. The van der Waals surface area contributed by atoms with Gasteiger partial charge in [0.1, 0.15) is 0 Å². The van der Waals surface area contributed by atoms with Gasteiger partial charge in [-0.3, -0.25) is 4.68 Å². The molecule has 2 N–H and O–H groups in total. The molecule has 2 atom stereocenters. The summed E-state index contributed by atoms with van der Waals surface area (Å²) < 4.78 is 1.80. The van der Waals surface area contributed by atoms with Crippen molar-refractivity contribution in [2.75, 3.05) is 0 Å². The van der Waals surface area contributed by atoms with Gasteiger partial charge in [-0.1, -0.05) is 6.92 Å². The topological polar surface area (TPSA) is 43.8 Å². The monoisotopic (exact) mass is 153 g/mol. The maximum Gasteiger partial charge on any atom is 0.0667 e. The molecular formula is C8H15N3. The minimum Gasteiger partial charge on any atom is -0.327 e. The highest BCUT2D eigenvalue weighted by atomic mass is 15.2. The molecule has 0 spiro atoms. The van der Waals surface area contributed by atoms with Crippen molar-refractivity contribution in [1.82, 2.24) is 9.78 Å². The molecule has 0 aromatic carbocycles. The molecule has 0 aliphatic carbocycles. The van der Waals surface area contributed by atoms with Gasteiger partial charge >= 0.3 is 0 Å². The first-order valence-electron chi connectivity index (χ1n) is 3.86. The number of nitrogens with zero attached hydrogens (tertiary/aromatic N) is 2. The minimum atomic E-state index is 0.171. The Morgan fingerprint density at radius 3 is 2.55 bits per heavy atom. The molecule has 3 nitrogen and oxygen atoms in total. The summed E-state index contributed by atoms with van der Waals surface area (Å²) in [6, 6.07) is 2.18. The first-order valence-corrected chi connectivity index (χ1v) is 3.86.